The van der Waals surface area contributed by atoms with E-state index in [0.29, 0.717) is 6.04 Å². The van der Waals surface area contributed by atoms with Crippen molar-refractivity contribution in [2.75, 3.05) is 13.7 Å². The molecule has 1 N–H and O–H groups in total. The predicted molar refractivity (Wildman–Crippen MR) is 35.3 cm³/mol. The second-order valence-electron chi connectivity index (χ2n) is 3.08. The Balaban J connectivity index is 1.77. The molecule has 0 aromatic rings. The van der Waals surface area contributed by atoms with Crippen LogP contribution in [0.2, 0.25) is 0 Å². The van der Waals surface area contributed by atoms with Crippen molar-refractivity contribution in [1.82, 2.24) is 5.32 Å². The Morgan fingerprint density at radius 3 is 2.78 bits per heavy atom. The number of hydrogen-bond acceptors (Lipinski definition) is 2. The minimum Gasteiger partial charge on any atom is -0.383 e. The first-order valence-corrected chi connectivity index (χ1v) is 3.67. The molecule has 3 unspecified atom stereocenters. The molecule has 2 fully saturated rings. The number of fused-ring (bicyclic) bond motifs is 1. The minimum absolute atomic E-state index is 0.689. The molecule has 3 atom stereocenters. The van der Waals surface area contributed by atoms with Gasteiger partial charge in [-0.3, -0.25) is 0 Å². The topological polar surface area (TPSA) is 21.3 Å². The predicted octanol–water partition coefficient (Wildman–Crippen LogP) is 0.383. The maximum Gasteiger partial charge on any atom is 0.0619 e. The Morgan fingerprint density at radius 1 is 1.56 bits per heavy atom. The Kier molecular flexibility index (Phi) is 1.24. The average molecular weight is 127 g/mol. The molecule has 0 amide bonds. The molecule has 0 radical (unpaired) electrons. The van der Waals surface area contributed by atoms with Gasteiger partial charge in [0.05, 0.1) is 6.61 Å². The number of rotatable bonds is 2. The molecule has 1 saturated heterocycles. The number of piperidine rings is 1. The molecule has 2 aliphatic rings. The van der Waals surface area contributed by atoms with Gasteiger partial charge in [0.25, 0.3) is 0 Å². The fraction of sp³-hybridized carbons (Fsp3) is 1.00. The molecule has 2 rings (SSSR count). The highest BCUT2D eigenvalue weighted by Crippen LogP contribution is 2.38. The second kappa shape index (κ2) is 1.96. The molecule has 0 aromatic carbocycles. The maximum absolute atomic E-state index is 5.04. The van der Waals surface area contributed by atoms with Gasteiger partial charge < -0.3 is 10.1 Å². The van der Waals surface area contributed by atoms with Crippen molar-refractivity contribution in [2.24, 2.45) is 5.92 Å². The molecule has 52 valence electrons. The highest BCUT2D eigenvalue weighted by atomic mass is 16.5. The van der Waals surface area contributed by atoms with E-state index >= 15 is 0 Å². The number of ether oxygens (including phenoxy) is 1. The molecule has 0 aromatic heterocycles. The summed E-state index contributed by atoms with van der Waals surface area (Å²) in [4.78, 5) is 0. The smallest absolute Gasteiger partial charge is 0.0619 e. The molecule has 1 aliphatic heterocycles. The van der Waals surface area contributed by atoms with Gasteiger partial charge in [-0.15, -0.1) is 0 Å². The van der Waals surface area contributed by atoms with E-state index in [-0.39, 0.29) is 0 Å². The van der Waals surface area contributed by atoms with E-state index in [9.17, 15) is 0 Å². The van der Waals surface area contributed by atoms with Gasteiger partial charge in [0, 0.05) is 19.2 Å². The SMILES string of the molecule is COCC1NC2CCC21. The molecule has 0 spiro atoms. The molecule has 1 heterocycles. The van der Waals surface area contributed by atoms with Crippen molar-refractivity contribution < 1.29 is 4.74 Å². The molecule has 1 saturated carbocycles. The van der Waals surface area contributed by atoms with Gasteiger partial charge in [0.1, 0.15) is 0 Å². The summed E-state index contributed by atoms with van der Waals surface area (Å²) in [5.41, 5.74) is 0. The van der Waals surface area contributed by atoms with Crippen LogP contribution in [0.4, 0.5) is 0 Å². The van der Waals surface area contributed by atoms with E-state index in [2.05, 4.69) is 5.32 Å². The van der Waals surface area contributed by atoms with Crippen LogP contribution in [-0.4, -0.2) is 25.8 Å². The second-order valence-corrected chi connectivity index (χ2v) is 3.08. The van der Waals surface area contributed by atoms with E-state index in [1.165, 1.54) is 12.8 Å². The van der Waals surface area contributed by atoms with E-state index in [1.807, 2.05) is 0 Å². The maximum atomic E-state index is 5.04. The van der Waals surface area contributed by atoms with Crippen LogP contribution >= 0.6 is 0 Å². The van der Waals surface area contributed by atoms with Crippen molar-refractivity contribution >= 4 is 0 Å². The van der Waals surface area contributed by atoms with Crippen molar-refractivity contribution in [1.29, 1.82) is 0 Å². The highest BCUT2D eigenvalue weighted by Gasteiger charge is 2.46. The summed E-state index contributed by atoms with van der Waals surface area (Å²) in [6.07, 6.45) is 2.82. The van der Waals surface area contributed by atoms with Gasteiger partial charge in [-0.1, -0.05) is 0 Å². The Hall–Kier alpha value is -0.0800. The van der Waals surface area contributed by atoms with Gasteiger partial charge in [-0.05, 0) is 18.8 Å². The molecular formula is C7H13NO. The Bertz CT molecular complexity index is 113. The minimum atomic E-state index is 0.689. The van der Waals surface area contributed by atoms with E-state index < -0.39 is 0 Å². The van der Waals surface area contributed by atoms with Crippen LogP contribution in [-0.2, 0) is 4.74 Å². The van der Waals surface area contributed by atoms with Crippen molar-refractivity contribution in [2.45, 2.75) is 24.9 Å². The van der Waals surface area contributed by atoms with Gasteiger partial charge in [-0.25, -0.2) is 0 Å². The van der Waals surface area contributed by atoms with Crippen LogP contribution in [0.25, 0.3) is 0 Å². The van der Waals surface area contributed by atoms with Gasteiger partial charge in [-0.2, -0.15) is 0 Å². The zero-order chi connectivity index (χ0) is 6.27. The fourth-order valence-electron chi connectivity index (χ4n) is 1.85. The first kappa shape index (κ1) is 5.69. The van der Waals surface area contributed by atoms with Crippen LogP contribution in [0.5, 0.6) is 0 Å². The van der Waals surface area contributed by atoms with Crippen LogP contribution < -0.4 is 5.32 Å². The first-order valence-electron chi connectivity index (χ1n) is 3.67. The van der Waals surface area contributed by atoms with Crippen LogP contribution in [0.15, 0.2) is 0 Å². The number of hydrogen-bond donors (Lipinski definition) is 1. The van der Waals surface area contributed by atoms with E-state index in [1.54, 1.807) is 7.11 Å². The largest absolute Gasteiger partial charge is 0.383 e. The standard InChI is InChI=1S/C7H13NO/c1-9-4-7-5-2-3-6(5)8-7/h5-8H,2-4H2,1H3. The van der Waals surface area contributed by atoms with Crippen LogP contribution in [0.1, 0.15) is 12.8 Å². The molecule has 2 nitrogen and oxygen atoms in total. The van der Waals surface area contributed by atoms with Gasteiger partial charge in [0.15, 0.2) is 0 Å². The molecule has 9 heavy (non-hydrogen) atoms. The molecule has 2 heteroatoms. The van der Waals surface area contributed by atoms with Crippen LogP contribution in [0, 0.1) is 5.92 Å². The van der Waals surface area contributed by atoms with E-state index in [4.69, 9.17) is 4.74 Å². The zero-order valence-electron chi connectivity index (χ0n) is 5.76. The fourth-order valence-corrected chi connectivity index (χ4v) is 1.85. The highest BCUT2D eigenvalue weighted by molar-refractivity contribution is 5.04. The summed E-state index contributed by atoms with van der Waals surface area (Å²) in [5, 5.41) is 3.46. The zero-order valence-corrected chi connectivity index (χ0v) is 5.76. The summed E-state index contributed by atoms with van der Waals surface area (Å²) >= 11 is 0. The van der Waals surface area contributed by atoms with Crippen LogP contribution in [0.3, 0.4) is 0 Å². The monoisotopic (exact) mass is 127 g/mol. The molecular weight excluding hydrogens is 114 g/mol. The third-order valence-electron chi connectivity index (χ3n) is 2.62. The molecule has 1 aliphatic carbocycles. The Morgan fingerprint density at radius 2 is 2.44 bits per heavy atom. The number of methoxy groups -OCH3 is 1. The van der Waals surface area contributed by atoms with Gasteiger partial charge >= 0.3 is 0 Å². The Labute approximate surface area is 55.6 Å². The summed E-state index contributed by atoms with van der Waals surface area (Å²) in [5.74, 6) is 0.963. The lowest BCUT2D eigenvalue weighted by Crippen LogP contribution is -2.68. The summed E-state index contributed by atoms with van der Waals surface area (Å²) in [7, 11) is 1.77. The summed E-state index contributed by atoms with van der Waals surface area (Å²) in [6, 6.07) is 1.55. The van der Waals surface area contributed by atoms with Crippen molar-refractivity contribution in [3.63, 3.8) is 0 Å². The number of nitrogens with one attached hydrogen (secondary N) is 1. The third-order valence-corrected chi connectivity index (χ3v) is 2.62. The quantitative estimate of drug-likeness (QED) is 0.579. The normalized spacial score (nSPS) is 47.0. The lowest BCUT2D eigenvalue weighted by molar-refractivity contribution is -0.00394. The first-order chi connectivity index (χ1) is 4.42. The lowest BCUT2D eigenvalue weighted by atomic mass is 9.68. The van der Waals surface area contributed by atoms with Gasteiger partial charge in [0.2, 0.25) is 0 Å². The van der Waals surface area contributed by atoms with Crippen molar-refractivity contribution in [3.05, 3.63) is 0 Å². The summed E-state index contributed by atoms with van der Waals surface area (Å²) < 4.78 is 5.04. The molecule has 0 bridgehead atoms. The summed E-state index contributed by atoms with van der Waals surface area (Å²) in [6.45, 7) is 0.904. The van der Waals surface area contributed by atoms with Crippen molar-refractivity contribution in [3.8, 4) is 0 Å². The van der Waals surface area contributed by atoms with E-state index in [0.717, 1.165) is 18.6 Å². The average Bonchev–Trinajstić information content (AvgIpc) is 1.82. The third kappa shape index (κ3) is 0.700. The lowest BCUT2D eigenvalue weighted by Gasteiger charge is -2.53.